The van der Waals surface area contributed by atoms with Gasteiger partial charge in [-0.05, 0) is 29.8 Å². The predicted molar refractivity (Wildman–Crippen MR) is 87.9 cm³/mol. The van der Waals surface area contributed by atoms with Gasteiger partial charge in [-0.3, -0.25) is 15.2 Å². The highest BCUT2D eigenvalue weighted by atomic mass is 35.5. The Morgan fingerprint density at radius 1 is 1.22 bits per heavy atom. The normalized spacial score (nSPS) is 26.3. The quantitative estimate of drug-likeness (QED) is 0.674. The summed E-state index contributed by atoms with van der Waals surface area (Å²) in [4.78, 5) is 16.6. The summed E-state index contributed by atoms with van der Waals surface area (Å²) in [6, 6.07) is 9.32. The third-order valence-corrected chi connectivity index (χ3v) is 4.55. The zero-order chi connectivity index (χ0) is 15.8. The lowest BCUT2D eigenvalue weighted by Crippen LogP contribution is -2.51. The zero-order valence-electron chi connectivity index (χ0n) is 12.2. The molecule has 118 valence electrons. The van der Waals surface area contributed by atoms with E-state index in [9.17, 15) is 4.79 Å². The molecule has 6 nitrogen and oxygen atoms in total. The molecular formula is C16H16ClN5O. The van der Waals surface area contributed by atoms with Crippen molar-refractivity contribution in [2.75, 3.05) is 11.9 Å². The van der Waals surface area contributed by atoms with Gasteiger partial charge >= 0.3 is 0 Å². The highest BCUT2D eigenvalue weighted by Crippen LogP contribution is 2.31. The number of fused-ring (bicyclic) bond motifs is 1. The van der Waals surface area contributed by atoms with Gasteiger partial charge in [-0.2, -0.15) is 0 Å². The number of nitrogens with zero attached hydrogens (tertiary/aromatic N) is 1. The van der Waals surface area contributed by atoms with Gasteiger partial charge in [0.2, 0.25) is 0 Å². The maximum atomic E-state index is 12.4. The number of hydrazine groups is 1. The van der Waals surface area contributed by atoms with Crippen molar-refractivity contribution in [2.45, 2.75) is 12.2 Å². The molecule has 1 fully saturated rings. The number of aromatic nitrogens is 1. The fourth-order valence-electron chi connectivity index (χ4n) is 3.18. The number of carbonyl (C=O) groups excluding carboxylic acids is 1. The molecule has 3 unspecified atom stereocenters. The lowest BCUT2D eigenvalue weighted by Gasteiger charge is -2.34. The van der Waals surface area contributed by atoms with Gasteiger partial charge < -0.3 is 10.6 Å². The SMILES string of the molecule is O=C1NC(C2CNNC2c2cccnc2)Nc2ccc(Cl)cc21. The van der Waals surface area contributed by atoms with Crippen molar-refractivity contribution in [3.05, 3.63) is 58.9 Å². The average molecular weight is 330 g/mol. The van der Waals surface area contributed by atoms with Crippen LogP contribution in [0.25, 0.3) is 0 Å². The topological polar surface area (TPSA) is 78.1 Å². The standard InChI is InChI=1S/C16H16ClN5O/c17-10-3-4-13-11(6-10)16(23)21-15(20-13)12-8-19-22-14(12)9-2-1-5-18-7-9/h1-7,12,14-15,19-20,22H,8H2,(H,21,23). The van der Waals surface area contributed by atoms with E-state index in [0.717, 1.165) is 17.8 Å². The van der Waals surface area contributed by atoms with E-state index in [1.165, 1.54) is 0 Å². The first-order chi connectivity index (χ1) is 11.2. The van der Waals surface area contributed by atoms with E-state index in [0.29, 0.717) is 10.6 Å². The van der Waals surface area contributed by atoms with Gasteiger partial charge in [-0.15, -0.1) is 0 Å². The van der Waals surface area contributed by atoms with E-state index in [4.69, 9.17) is 11.6 Å². The first kappa shape index (κ1) is 14.4. The van der Waals surface area contributed by atoms with Gasteiger partial charge in [0.1, 0.15) is 6.17 Å². The first-order valence-corrected chi connectivity index (χ1v) is 7.85. The molecule has 1 aromatic carbocycles. The second-order valence-corrected chi connectivity index (χ2v) is 6.17. The number of halogens is 1. The first-order valence-electron chi connectivity index (χ1n) is 7.47. The lowest BCUT2D eigenvalue weighted by atomic mass is 9.91. The molecule has 4 rings (SSSR count). The lowest BCUT2D eigenvalue weighted by molar-refractivity contribution is 0.0921. The van der Waals surface area contributed by atoms with Gasteiger partial charge in [-0.1, -0.05) is 17.7 Å². The highest BCUT2D eigenvalue weighted by Gasteiger charge is 2.38. The van der Waals surface area contributed by atoms with Gasteiger partial charge in [-0.25, -0.2) is 5.43 Å². The van der Waals surface area contributed by atoms with Crippen molar-refractivity contribution in [1.29, 1.82) is 0 Å². The van der Waals surface area contributed by atoms with Crippen LogP contribution in [0.4, 0.5) is 5.69 Å². The maximum Gasteiger partial charge on any atom is 0.255 e. The predicted octanol–water partition coefficient (Wildman–Crippen LogP) is 1.68. The van der Waals surface area contributed by atoms with E-state index >= 15 is 0 Å². The number of anilines is 1. The highest BCUT2D eigenvalue weighted by molar-refractivity contribution is 6.31. The summed E-state index contributed by atoms with van der Waals surface area (Å²) in [6.45, 7) is 0.737. The molecule has 3 atom stereocenters. The molecule has 0 bridgehead atoms. The third kappa shape index (κ3) is 2.65. The van der Waals surface area contributed by atoms with Gasteiger partial charge in [0, 0.05) is 35.6 Å². The van der Waals surface area contributed by atoms with Crippen molar-refractivity contribution in [3.8, 4) is 0 Å². The Bertz CT molecular complexity index is 739. The summed E-state index contributed by atoms with van der Waals surface area (Å²) in [5, 5.41) is 6.99. The molecular weight excluding hydrogens is 314 g/mol. The van der Waals surface area contributed by atoms with Crippen LogP contribution in [-0.2, 0) is 0 Å². The fraction of sp³-hybridized carbons (Fsp3) is 0.250. The van der Waals surface area contributed by atoms with E-state index < -0.39 is 0 Å². The molecule has 4 N–H and O–H groups in total. The summed E-state index contributed by atoms with van der Waals surface area (Å²) >= 11 is 5.97. The Morgan fingerprint density at radius 3 is 2.96 bits per heavy atom. The van der Waals surface area contributed by atoms with Crippen LogP contribution in [0.3, 0.4) is 0 Å². The second-order valence-electron chi connectivity index (χ2n) is 5.74. The molecule has 1 saturated heterocycles. The molecule has 1 amide bonds. The van der Waals surface area contributed by atoms with Crippen molar-refractivity contribution < 1.29 is 4.79 Å². The minimum absolute atomic E-state index is 0.0651. The van der Waals surface area contributed by atoms with Gasteiger partial charge in [0.05, 0.1) is 11.6 Å². The summed E-state index contributed by atoms with van der Waals surface area (Å²) in [5.41, 5.74) is 8.91. The molecule has 23 heavy (non-hydrogen) atoms. The average Bonchev–Trinajstić information content (AvgIpc) is 3.06. The molecule has 7 heteroatoms. The van der Waals surface area contributed by atoms with E-state index in [1.54, 1.807) is 18.3 Å². The van der Waals surface area contributed by atoms with Crippen LogP contribution >= 0.6 is 11.6 Å². The largest absolute Gasteiger partial charge is 0.364 e. The molecule has 0 saturated carbocycles. The smallest absolute Gasteiger partial charge is 0.255 e. The number of hydrogen-bond donors (Lipinski definition) is 4. The summed E-state index contributed by atoms with van der Waals surface area (Å²) in [5.74, 6) is 0.0371. The minimum Gasteiger partial charge on any atom is -0.364 e. The molecule has 1 aromatic heterocycles. The third-order valence-electron chi connectivity index (χ3n) is 4.32. The molecule has 0 spiro atoms. The van der Waals surface area contributed by atoms with E-state index in [2.05, 4.69) is 26.5 Å². The molecule has 2 aliphatic rings. The van der Waals surface area contributed by atoms with Gasteiger partial charge in [0.25, 0.3) is 5.91 Å². The molecule has 0 radical (unpaired) electrons. The second kappa shape index (κ2) is 5.81. The number of carbonyl (C=O) groups is 1. The summed E-state index contributed by atoms with van der Waals surface area (Å²) in [7, 11) is 0. The number of nitrogens with one attached hydrogen (secondary N) is 4. The van der Waals surface area contributed by atoms with Crippen LogP contribution in [0.1, 0.15) is 22.0 Å². The maximum absolute atomic E-state index is 12.4. The number of pyridine rings is 1. The number of hydrogen-bond acceptors (Lipinski definition) is 5. The van der Waals surface area contributed by atoms with Crippen molar-refractivity contribution in [1.82, 2.24) is 21.2 Å². The van der Waals surface area contributed by atoms with Crippen LogP contribution in [0.5, 0.6) is 0 Å². The monoisotopic (exact) mass is 329 g/mol. The molecule has 2 aromatic rings. The number of benzene rings is 1. The van der Waals surface area contributed by atoms with Crippen LogP contribution in [0, 0.1) is 5.92 Å². The number of rotatable bonds is 2. The van der Waals surface area contributed by atoms with Crippen molar-refractivity contribution in [2.24, 2.45) is 5.92 Å². The van der Waals surface area contributed by atoms with Crippen LogP contribution in [-0.4, -0.2) is 23.6 Å². The summed E-state index contributed by atoms with van der Waals surface area (Å²) < 4.78 is 0. The Hall–Kier alpha value is -2.15. The van der Waals surface area contributed by atoms with Crippen molar-refractivity contribution >= 4 is 23.2 Å². The minimum atomic E-state index is -0.177. The fourth-order valence-corrected chi connectivity index (χ4v) is 3.35. The molecule has 0 aliphatic carbocycles. The molecule has 3 heterocycles. The van der Waals surface area contributed by atoms with E-state index in [1.807, 2.05) is 24.4 Å². The van der Waals surface area contributed by atoms with Crippen LogP contribution in [0.15, 0.2) is 42.7 Å². The Balaban J connectivity index is 1.61. The summed E-state index contributed by atoms with van der Waals surface area (Å²) in [6.07, 6.45) is 3.42. The van der Waals surface area contributed by atoms with Crippen LogP contribution in [0.2, 0.25) is 5.02 Å². The van der Waals surface area contributed by atoms with E-state index in [-0.39, 0.29) is 24.0 Å². The van der Waals surface area contributed by atoms with Crippen LogP contribution < -0.4 is 21.5 Å². The van der Waals surface area contributed by atoms with Gasteiger partial charge in [0.15, 0.2) is 0 Å². The molecule has 2 aliphatic heterocycles. The Morgan fingerprint density at radius 2 is 2.13 bits per heavy atom. The number of amides is 1. The Kier molecular flexibility index (Phi) is 3.65. The Labute approximate surface area is 138 Å². The van der Waals surface area contributed by atoms with Crippen molar-refractivity contribution in [3.63, 3.8) is 0 Å². The zero-order valence-corrected chi connectivity index (χ0v) is 13.0.